The minimum absolute atomic E-state index is 0.119. The molecule has 0 saturated heterocycles. The van der Waals surface area contributed by atoms with Gasteiger partial charge in [0.15, 0.2) is 11.5 Å². The molecule has 0 aromatic heterocycles. The van der Waals surface area contributed by atoms with Crippen LogP contribution in [0.4, 0.5) is 0 Å². The van der Waals surface area contributed by atoms with Gasteiger partial charge in [0.2, 0.25) is 0 Å². The number of fused-ring (bicyclic) bond motifs is 1. The number of aliphatic hydroxyl groups is 1. The Morgan fingerprint density at radius 3 is 2.25 bits per heavy atom. The topological polar surface area (TPSA) is 72.6 Å². The summed E-state index contributed by atoms with van der Waals surface area (Å²) in [7, 11) is 4.83. The van der Waals surface area contributed by atoms with E-state index in [0.29, 0.717) is 22.8 Å². The zero-order valence-corrected chi connectivity index (χ0v) is 16.9. The van der Waals surface area contributed by atoms with Crippen LogP contribution in [0.2, 0.25) is 0 Å². The lowest BCUT2D eigenvalue weighted by molar-refractivity contribution is 0.273. The van der Waals surface area contributed by atoms with E-state index in [1.54, 1.807) is 21.3 Å². The molecule has 1 N–H and O–H groups in total. The number of methoxy groups -OCH3 is 3. The number of benzene rings is 2. The van der Waals surface area contributed by atoms with E-state index in [4.69, 9.17) is 14.2 Å². The van der Waals surface area contributed by atoms with Gasteiger partial charge in [0.1, 0.15) is 11.5 Å². The largest absolute Gasteiger partial charge is 0.496 e. The first-order valence-corrected chi connectivity index (χ1v) is 9.24. The van der Waals surface area contributed by atoms with Crippen LogP contribution < -0.4 is 14.2 Å². The average molecular weight is 382 g/mol. The van der Waals surface area contributed by atoms with E-state index in [1.165, 1.54) is 0 Å². The molecule has 0 radical (unpaired) electrons. The van der Waals surface area contributed by atoms with Crippen molar-refractivity contribution in [1.82, 2.24) is 0 Å². The molecule has 0 amide bonds. The number of aliphatic hydroxyl groups excluding tert-OH is 1. The molecule has 0 bridgehead atoms. The van der Waals surface area contributed by atoms with E-state index in [-0.39, 0.29) is 12.5 Å². The summed E-state index contributed by atoms with van der Waals surface area (Å²) in [6.45, 7) is 4.00. The summed E-state index contributed by atoms with van der Waals surface area (Å²) < 4.78 is 16.3. The standard InChI is InChI=1S/C22H26N2O4/c1-6-16-13(2)23-24-22(14-7-8-19(26-3)21(10-14)28-5)18-9-15(12-25)20(27-4)11-17(16)18/h7-11,16,25H,6,12H2,1-5H3. The maximum atomic E-state index is 9.82. The van der Waals surface area contributed by atoms with Crippen LogP contribution in [0.25, 0.3) is 0 Å². The molecule has 6 nitrogen and oxygen atoms in total. The van der Waals surface area contributed by atoms with E-state index < -0.39 is 0 Å². The Balaban J connectivity index is 2.26. The van der Waals surface area contributed by atoms with Crippen LogP contribution in [0.3, 0.4) is 0 Å². The van der Waals surface area contributed by atoms with Crippen molar-refractivity contribution in [2.24, 2.45) is 10.2 Å². The molecule has 28 heavy (non-hydrogen) atoms. The first kappa shape index (κ1) is 19.9. The molecule has 0 saturated carbocycles. The van der Waals surface area contributed by atoms with Crippen molar-refractivity contribution in [2.45, 2.75) is 32.8 Å². The Bertz CT molecular complexity index is 934. The molecular weight excluding hydrogens is 356 g/mol. The van der Waals surface area contributed by atoms with Crippen molar-refractivity contribution in [1.29, 1.82) is 0 Å². The van der Waals surface area contributed by atoms with Crippen molar-refractivity contribution < 1.29 is 19.3 Å². The molecule has 2 aromatic carbocycles. The summed E-state index contributed by atoms with van der Waals surface area (Å²) >= 11 is 0. The van der Waals surface area contributed by atoms with Gasteiger partial charge in [0.05, 0.1) is 27.9 Å². The van der Waals surface area contributed by atoms with Gasteiger partial charge in [0, 0.05) is 28.3 Å². The maximum Gasteiger partial charge on any atom is 0.161 e. The molecule has 1 unspecified atom stereocenters. The molecule has 148 valence electrons. The predicted octanol–water partition coefficient (Wildman–Crippen LogP) is 3.93. The fraction of sp³-hybridized carbons (Fsp3) is 0.364. The van der Waals surface area contributed by atoms with Gasteiger partial charge in [-0.25, -0.2) is 0 Å². The summed E-state index contributed by atoms with van der Waals surface area (Å²) in [5, 5.41) is 18.9. The minimum atomic E-state index is -0.119. The highest BCUT2D eigenvalue weighted by molar-refractivity contribution is 6.16. The van der Waals surface area contributed by atoms with Gasteiger partial charge in [-0.05, 0) is 49.2 Å². The summed E-state index contributed by atoms with van der Waals surface area (Å²) in [5.41, 5.74) is 5.26. The maximum absolute atomic E-state index is 9.82. The molecule has 1 aliphatic heterocycles. The summed E-state index contributed by atoms with van der Waals surface area (Å²) in [5.74, 6) is 2.06. The molecule has 2 aromatic rings. The number of ether oxygens (including phenoxy) is 3. The molecule has 1 aliphatic rings. The predicted molar refractivity (Wildman–Crippen MR) is 110 cm³/mol. The third-order valence-electron chi connectivity index (χ3n) is 5.13. The lowest BCUT2D eigenvalue weighted by Crippen LogP contribution is -2.13. The molecule has 1 atom stereocenters. The molecule has 0 aliphatic carbocycles. The zero-order valence-electron chi connectivity index (χ0n) is 16.9. The molecule has 1 heterocycles. The summed E-state index contributed by atoms with van der Waals surface area (Å²) in [4.78, 5) is 0. The van der Waals surface area contributed by atoms with Crippen LogP contribution in [-0.4, -0.2) is 37.9 Å². The molecule has 0 spiro atoms. The van der Waals surface area contributed by atoms with Gasteiger partial charge in [0.25, 0.3) is 0 Å². The van der Waals surface area contributed by atoms with Crippen LogP contribution in [0, 0.1) is 0 Å². The number of hydrogen-bond acceptors (Lipinski definition) is 6. The van der Waals surface area contributed by atoms with Crippen LogP contribution in [0.5, 0.6) is 17.2 Å². The Morgan fingerprint density at radius 2 is 1.64 bits per heavy atom. The van der Waals surface area contributed by atoms with Gasteiger partial charge in [-0.2, -0.15) is 5.10 Å². The third kappa shape index (κ3) is 3.47. The molecular formula is C22H26N2O4. The lowest BCUT2D eigenvalue weighted by atomic mass is 9.85. The monoisotopic (exact) mass is 382 g/mol. The van der Waals surface area contributed by atoms with Crippen molar-refractivity contribution in [3.05, 3.63) is 52.6 Å². The minimum Gasteiger partial charge on any atom is -0.496 e. The van der Waals surface area contributed by atoms with Crippen LogP contribution in [0.15, 0.2) is 40.5 Å². The van der Waals surface area contributed by atoms with E-state index in [2.05, 4.69) is 17.1 Å². The first-order valence-electron chi connectivity index (χ1n) is 9.24. The Hall–Kier alpha value is -2.86. The third-order valence-corrected chi connectivity index (χ3v) is 5.13. The smallest absolute Gasteiger partial charge is 0.161 e. The average Bonchev–Trinajstić information content (AvgIpc) is 2.87. The second-order valence-electron chi connectivity index (χ2n) is 6.63. The fourth-order valence-corrected chi connectivity index (χ4v) is 3.64. The van der Waals surface area contributed by atoms with E-state index in [1.807, 2.05) is 37.3 Å². The van der Waals surface area contributed by atoms with Crippen molar-refractivity contribution in [3.8, 4) is 17.2 Å². The van der Waals surface area contributed by atoms with E-state index >= 15 is 0 Å². The molecule has 6 heteroatoms. The fourth-order valence-electron chi connectivity index (χ4n) is 3.64. The van der Waals surface area contributed by atoms with Gasteiger partial charge in [-0.1, -0.05) is 6.92 Å². The zero-order chi connectivity index (χ0) is 20.3. The van der Waals surface area contributed by atoms with Gasteiger partial charge < -0.3 is 19.3 Å². The van der Waals surface area contributed by atoms with Gasteiger partial charge in [-0.3, -0.25) is 0 Å². The van der Waals surface area contributed by atoms with Crippen molar-refractivity contribution in [3.63, 3.8) is 0 Å². The van der Waals surface area contributed by atoms with E-state index in [0.717, 1.165) is 34.5 Å². The van der Waals surface area contributed by atoms with Crippen LogP contribution >= 0.6 is 0 Å². The Kier molecular flexibility index (Phi) is 5.99. The summed E-state index contributed by atoms with van der Waals surface area (Å²) in [6, 6.07) is 9.62. The molecule has 0 fully saturated rings. The molecule has 3 rings (SSSR count). The highest BCUT2D eigenvalue weighted by atomic mass is 16.5. The SMILES string of the molecule is CCC1C(C)=NN=C(c2ccc(OC)c(OC)c2)c2cc(CO)c(OC)cc21. The second-order valence-corrected chi connectivity index (χ2v) is 6.63. The normalized spacial score (nSPS) is 15.9. The number of rotatable bonds is 6. The first-order chi connectivity index (χ1) is 13.6. The van der Waals surface area contributed by atoms with Crippen molar-refractivity contribution >= 4 is 11.4 Å². The second kappa shape index (κ2) is 8.44. The lowest BCUT2D eigenvalue weighted by Gasteiger charge is -2.20. The van der Waals surface area contributed by atoms with Gasteiger partial charge in [-0.15, -0.1) is 5.10 Å². The number of nitrogens with zero attached hydrogens (tertiary/aromatic N) is 2. The van der Waals surface area contributed by atoms with Crippen LogP contribution in [-0.2, 0) is 6.61 Å². The summed E-state index contributed by atoms with van der Waals surface area (Å²) in [6.07, 6.45) is 0.888. The van der Waals surface area contributed by atoms with E-state index in [9.17, 15) is 5.11 Å². The number of hydrogen-bond donors (Lipinski definition) is 1. The highest BCUT2D eigenvalue weighted by Crippen LogP contribution is 2.36. The van der Waals surface area contributed by atoms with Crippen LogP contribution in [0.1, 0.15) is 48.4 Å². The highest BCUT2D eigenvalue weighted by Gasteiger charge is 2.26. The Labute approximate surface area is 165 Å². The quantitative estimate of drug-likeness (QED) is 0.822. The Morgan fingerprint density at radius 1 is 0.929 bits per heavy atom. The van der Waals surface area contributed by atoms with Crippen molar-refractivity contribution in [2.75, 3.05) is 21.3 Å². The van der Waals surface area contributed by atoms with Gasteiger partial charge >= 0.3 is 0 Å².